The molecule has 0 saturated carbocycles. The molecule has 65 heavy (non-hydrogen) atoms. The predicted molar refractivity (Wildman–Crippen MR) is 217 cm³/mol. The van der Waals surface area contributed by atoms with Gasteiger partial charge in [0.2, 0.25) is 0 Å². The first-order valence-corrected chi connectivity index (χ1v) is 20.2. The molecular weight excluding hydrogens is 860 g/mol. The van der Waals surface area contributed by atoms with E-state index >= 15 is 0 Å². The number of nitrogens with zero attached hydrogens (tertiary/aromatic N) is 8. The zero-order valence-corrected chi connectivity index (χ0v) is 34.9. The fourth-order valence-electron chi connectivity index (χ4n) is 7.09. The first-order chi connectivity index (χ1) is 30.8. The zero-order chi connectivity index (χ0) is 47.8. The topological polar surface area (TPSA) is 374 Å². The lowest BCUT2D eigenvalue weighted by Crippen LogP contribution is -2.51. The molecule has 0 spiro atoms. The Morgan fingerprint density at radius 3 is 1.06 bits per heavy atom. The van der Waals surface area contributed by atoms with Crippen molar-refractivity contribution in [3.8, 4) is 0 Å². The fraction of sp³-hybridized carbons (Fsp3) is 0.463. The van der Waals surface area contributed by atoms with Gasteiger partial charge in [0.05, 0.1) is 11.0 Å². The highest BCUT2D eigenvalue weighted by Crippen LogP contribution is 2.19. The van der Waals surface area contributed by atoms with Crippen LogP contribution in [-0.4, -0.2) is 190 Å². The lowest BCUT2D eigenvalue weighted by Gasteiger charge is -2.36. The number of carboxylic acids is 6. The molecule has 352 valence electrons. The molecule has 2 heterocycles. The third-order valence-corrected chi connectivity index (χ3v) is 10.4. The molecular formula is C41H46N8O16-6. The summed E-state index contributed by atoms with van der Waals surface area (Å²) < 4.78 is 1.97. The maximum absolute atomic E-state index is 13.4. The number of fused-ring (bicyclic) bond motifs is 2. The summed E-state index contributed by atoms with van der Waals surface area (Å²) in [6.07, 6.45) is -3.24. The molecule has 24 nitrogen and oxygen atoms in total. The second-order valence-corrected chi connectivity index (χ2v) is 15.0. The van der Waals surface area contributed by atoms with Crippen molar-refractivity contribution in [2.24, 2.45) is 15.0 Å². The highest BCUT2D eigenvalue weighted by atomic mass is 16.4. The highest BCUT2D eigenvalue weighted by molar-refractivity contribution is 5.93. The molecule has 3 atom stereocenters. The van der Waals surface area contributed by atoms with Crippen molar-refractivity contribution in [1.82, 2.24) is 24.2 Å². The molecule has 4 rings (SSSR count). The summed E-state index contributed by atoms with van der Waals surface area (Å²) in [5, 5.41) is 102. The number of rotatable bonds is 21. The summed E-state index contributed by atoms with van der Waals surface area (Å²) in [6.45, 7) is -0.768. The number of benzene rings is 2. The first-order valence-electron chi connectivity index (χ1n) is 20.2. The second-order valence-electron chi connectivity index (χ2n) is 15.0. The predicted octanol–water partition coefficient (Wildman–Crippen LogP) is -7.57. The van der Waals surface area contributed by atoms with Gasteiger partial charge in [-0.1, -0.05) is 24.3 Å². The summed E-state index contributed by atoms with van der Waals surface area (Å²) in [4.78, 5) is 99.1. The number of carboxylic acid groups (broad SMARTS) is 6. The molecule has 1 aliphatic rings. The van der Waals surface area contributed by atoms with E-state index in [1.165, 1.54) is 4.90 Å². The summed E-state index contributed by atoms with van der Waals surface area (Å²) in [5.41, 5.74) is 1.14. The van der Waals surface area contributed by atoms with Crippen LogP contribution < -0.4 is 36.1 Å². The number of pyridine rings is 1. The Labute approximate surface area is 369 Å². The fourth-order valence-corrected chi connectivity index (χ4v) is 7.09. The standard InChI is InChI=1S/C41H52N8O16/c50-32(42-27(39(60)61)19-35(53)54)22-46-11-9-45(17-18-49-30-7-3-1-5-25(30)38(59)26-6-2-4-8-31(26)49)10-12-47(23-33(51)43-28(40(62)63)20-36(55)56)14-16-48(15-13-46)24-34(52)44-29(41(64)65)21-37(57)58/h1-8,27-29H,9-24H2,(H,42,50)(H,43,51)(H,44,52)(H,53,54)(H,55,56)(H,57,58)(H,60,61)(H,62,63)(H,64,65)/p-6/t27-,28-,29-/m0/s1. The van der Waals surface area contributed by atoms with Crippen molar-refractivity contribution in [2.75, 3.05) is 78.5 Å². The number of carbonyl (C=O) groups excluding carboxylic acids is 3. The Balaban J connectivity index is 1.72. The lowest BCUT2D eigenvalue weighted by atomic mass is 10.1. The molecule has 1 aromatic heterocycles. The van der Waals surface area contributed by atoms with Crippen LogP contribution in [-0.2, 0) is 35.3 Å². The van der Waals surface area contributed by atoms with Gasteiger partial charge in [0.15, 0.2) is 23.6 Å². The van der Waals surface area contributed by atoms with Crippen molar-refractivity contribution >= 4 is 75.3 Å². The van der Waals surface area contributed by atoms with Gasteiger partial charge in [0.1, 0.15) is 0 Å². The van der Waals surface area contributed by atoms with Gasteiger partial charge in [-0.25, -0.2) is 14.4 Å². The van der Waals surface area contributed by atoms with E-state index in [9.17, 15) is 79.5 Å². The number of aliphatic imine (C=N–C) groups is 3. The number of carbonyl (C=O) groups is 6. The van der Waals surface area contributed by atoms with Gasteiger partial charge in [-0.05, 0) is 42.0 Å². The normalized spacial score (nSPS) is 17.4. The third-order valence-electron chi connectivity index (χ3n) is 10.4. The summed E-state index contributed by atoms with van der Waals surface area (Å²) in [6, 6.07) is 8.24. The highest BCUT2D eigenvalue weighted by Gasteiger charge is 2.22. The Morgan fingerprint density at radius 2 is 0.769 bits per heavy atom. The molecule has 1 aliphatic heterocycles. The van der Waals surface area contributed by atoms with Gasteiger partial charge < -0.3 is 64.9 Å². The monoisotopic (exact) mass is 906 g/mol. The van der Waals surface area contributed by atoms with Gasteiger partial charge in [-0.15, -0.1) is 0 Å². The van der Waals surface area contributed by atoms with Gasteiger partial charge in [-0.2, -0.15) is 0 Å². The average molecular weight is 907 g/mol. The third kappa shape index (κ3) is 15.9. The van der Waals surface area contributed by atoms with Crippen LogP contribution in [0.3, 0.4) is 0 Å². The molecule has 3 N–H and O–H groups in total. The van der Waals surface area contributed by atoms with Gasteiger partial charge in [0, 0.05) is 133 Å². The van der Waals surface area contributed by atoms with E-state index in [1.54, 1.807) is 58.3 Å². The molecule has 0 amide bonds. The van der Waals surface area contributed by atoms with Crippen LogP contribution in [0.1, 0.15) is 19.3 Å². The van der Waals surface area contributed by atoms with Crippen LogP contribution in [0, 0.1) is 0 Å². The minimum Gasteiger partial charge on any atom is -0.861 e. The van der Waals surface area contributed by atoms with E-state index in [1.807, 2.05) is 9.47 Å². The molecule has 1 fully saturated rings. The summed E-state index contributed by atoms with van der Waals surface area (Å²) in [7, 11) is 0. The Bertz CT molecular complexity index is 2240. The summed E-state index contributed by atoms with van der Waals surface area (Å²) >= 11 is 0. The minimum absolute atomic E-state index is 0.0468. The molecule has 24 heteroatoms. The SMILES string of the molecule is O=C([O-])C[C@H](N=C([O-])CN1CCN(CCn2c3ccccc3c(=O)c3ccccc32)CCN(CC([O-])=N[C@@H](CC(=O)[O-])C(=O)O)CCN(CC([O-])=N[C@@H](CC(=O)[O-])C(=O)O)CC1)C(=O)O. The maximum atomic E-state index is 13.4. The number of para-hydroxylation sites is 2. The van der Waals surface area contributed by atoms with Crippen LogP contribution in [0.15, 0.2) is 68.3 Å². The number of hydrogen-bond acceptors (Lipinski definition) is 20. The van der Waals surface area contributed by atoms with Crippen LogP contribution in [0.5, 0.6) is 0 Å². The van der Waals surface area contributed by atoms with Crippen LogP contribution >= 0.6 is 0 Å². The Morgan fingerprint density at radius 1 is 0.477 bits per heavy atom. The van der Waals surface area contributed by atoms with Crippen molar-refractivity contribution in [1.29, 1.82) is 0 Å². The van der Waals surface area contributed by atoms with Crippen LogP contribution in [0.2, 0.25) is 0 Å². The van der Waals surface area contributed by atoms with E-state index in [4.69, 9.17) is 0 Å². The lowest BCUT2D eigenvalue weighted by molar-refractivity contribution is -0.307. The quantitative estimate of drug-likeness (QED) is 0.0508. The van der Waals surface area contributed by atoms with E-state index < -0.39 is 111 Å². The van der Waals surface area contributed by atoms with E-state index in [0.717, 1.165) is 0 Å². The number of aliphatic carboxylic acids is 6. The van der Waals surface area contributed by atoms with Crippen LogP contribution in [0.4, 0.5) is 0 Å². The molecule has 3 aromatic rings. The van der Waals surface area contributed by atoms with E-state index in [-0.39, 0.29) is 57.8 Å². The Kier molecular flexibility index (Phi) is 18.8. The maximum Gasteiger partial charge on any atom is 0.328 e. The van der Waals surface area contributed by atoms with Gasteiger partial charge in [0.25, 0.3) is 0 Å². The van der Waals surface area contributed by atoms with Crippen molar-refractivity contribution < 1.29 is 74.7 Å². The van der Waals surface area contributed by atoms with E-state index in [0.29, 0.717) is 34.9 Å². The zero-order valence-electron chi connectivity index (χ0n) is 34.9. The largest absolute Gasteiger partial charge is 0.861 e. The molecule has 0 aliphatic carbocycles. The van der Waals surface area contributed by atoms with Crippen molar-refractivity contribution in [3.05, 3.63) is 58.8 Å². The smallest absolute Gasteiger partial charge is 0.328 e. The van der Waals surface area contributed by atoms with Crippen molar-refractivity contribution in [2.45, 2.75) is 43.9 Å². The Hall–Kier alpha value is -7.02. The van der Waals surface area contributed by atoms with E-state index in [2.05, 4.69) is 15.0 Å². The molecule has 1 saturated heterocycles. The first kappa shape index (κ1) is 50.6. The number of hydrogen-bond donors (Lipinski definition) is 3. The number of aromatic nitrogens is 1. The van der Waals surface area contributed by atoms with Crippen LogP contribution in [0.25, 0.3) is 21.8 Å². The van der Waals surface area contributed by atoms with Gasteiger partial charge in [-0.3, -0.25) is 39.4 Å². The summed E-state index contributed by atoms with van der Waals surface area (Å²) in [5.74, 6) is -13.4. The van der Waals surface area contributed by atoms with Gasteiger partial charge >= 0.3 is 17.9 Å². The molecule has 0 unspecified atom stereocenters. The minimum atomic E-state index is -1.98. The van der Waals surface area contributed by atoms with Crippen molar-refractivity contribution in [3.63, 3.8) is 0 Å². The second kappa shape index (κ2) is 24.2. The molecule has 2 aromatic carbocycles. The molecule has 0 radical (unpaired) electrons. The average Bonchev–Trinajstić information content (AvgIpc) is 3.22. The molecule has 0 bridgehead atoms.